The van der Waals surface area contributed by atoms with E-state index in [1.807, 2.05) is 30.3 Å². The highest BCUT2D eigenvalue weighted by Gasteiger charge is 2.51. The first-order chi connectivity index (χ1) is 15.3. The first kappa shape index (κ1) is 20.7. The molecule has 0 saturated heterocycles. The van der Waals surface area contributed by atoms with Crippen LogP contribution in [0.4, 0.5) is 11.4 Å². The number of ether oxygens (including phenoxy) is 2. The maximum Gasteiger partial charge on any atom is 0.235 e. The molecule has 1 atom stereocenters. The van der Waals surface area contributed by atoms with Gasteiger partial charge in [0.15, 0.2) is 11.5 Å². The minimum Gasteiger partial charge on any atom is -0.454 e. The topological polar surface area (TPSA) is 88.7 Å². The van der Waals surface area contributed by atoms with Crippen LogP contribution in [0.2, 0.25) is 0 Å². The average Bonchev–Trinajstić information content (AvgIpc) is 3.24. The number of hydrogen-bond donors (Lipinski definition) is 3. The van der Waals surface area contributed by atoms with E-state index in [-0.39, 0.29) is 30.1 Å². The monoisotopic (exact) mass is 435 g/mol. The summed E-state index contributed by atoms with van der Waals surface area (Å²) in [5.74, 6) is 1.44. The van der Waals surface area contributed by atoms with Crippen molar-refractivity contribution >= 4 is 23.2 Å². The van der Waals surface area contributed by atoms with Gasteiger partial charge in [-0.05, 0) is 60.7 Å². The van der Waals surface area contributed by atoms with Crippen LogP contribution in [0.3, 0.4) is 0 Å². The van der Waals surface area contributed by atoms with Crippen molar-refractivity contribution in [2.24, 2.45) is 5.41 Å². The predicted octanol–water partition coefficient (Wildman–Crippen LogP) is 3.58. The van der Waals surface area contributed by atoms with Gasteiger partial charge in [-0.25, -0.2) is 0 Å². The Kier molecular flexibility index (Phi) is 4.80. The van der Waals surface area contributed by atoms with E-state index in [0.29, 0.717) is 12.3 Å². The Morgan fingerprint density at radius 1 is 1.12 bits per heavy atom. The molecule has 5 rings (SSSR count). The minimum atomic E-state index is -0.499. The number of rotatable bonds is 6. The molecule has 2 heterocycles. The molecule has 168 valence electrons. The van der Waals surface area contributed by atoms with Gasteiger partial charge in [0.1, 0.15) is 0 Å². The van der Waals surface area contributed by atoms with E-state index < -0.39 is 5.41 Å². The van der Waals surface area contributed by atoms with Crippen molar-refractivity contribution in [1.29, 1.82) is 0 Å². The third kappa shape index (κ3) is 3.66. The summed E-state index contributed by atoms with van der Waals surface area (Å²) in [5.41, 5.74) is 3.44. The van der Waals surface area contributed by atoms with E-state index in [0.717, 1.165) is 42.0 Å². The second kappa shape index (κ2) is 7.43. The van der Waals surface area contributed by atoms with Crippen LogP contribution in [0.15, 0.2) is 36.4 Å². The highest BCUT2D eigenvalue weighted by Crippen LogP contribution is 2.51. The van der Waals surface area contributed by atoms with Crippen LogP contribution in [-0.4, -0.2) is 31.2 Å². The maximum atomic E-state index is 13.2. The van der Waals surface area contributed by atoms with Crippen molar-refractivity contribution in [2.75, 3.05) is 24.0 Å². The molecule has 0 spiro atoms. The molecule has 1 unspecified atom stereocenters. The van der Waals surface area contributed by atoms with Crippen molar-refractivity contribution in [3.63, 3.8) is 0 Å². The summed E-state index contributed by atoms with van der Waals surface area (Å²) in [6.45, 7) is 6.67. The predicted molar refractivity (Wildman–Crippen MR) is 122 cm³/mol. The number of hydrogen-bond acceptors (Lipinski definition) is 5. The van der Waals surface area contributed by atoms with Gasteiger partial charge in [0.05, 0.1) is 5.41 Å². The van der Waals surface area contributed by atoms with Crippen molar-refractivity contribution < 1.29 is 19.1 Å². The maximum absolute atomic E-state index is 13.2. The molecule has 2 aromatic carbocycles. The number of benzene rings is 2. The first-order valence-electron chi connectivity index (χ1n) is 11.1. The van der Waals surface area contributed by atoms with Gasteiger partial charge < -0.3 is 25.4 Å². The Labute approximate surface area is 187 Å². The summed E-state index contributed by atoms with van der Waals surface area (Å²) < 4.78 is 10.9. The van der Waals surface area contributed by atoms with E-state index in [9.17, 15) is 9.59 Å². The highest BCUT2D eigenvalue weighted by atomic mass is 16.7. The summed E-state index contributed by atoms with van der Waals surface area (Å²) in [6, 6.07) is 12.0. The molecule has 7 heteroatoms. The van der Waals surface area contributed by atoms with Gasteiger partial charge in [0, 0.05) is 36.3 Å². The second-order valence-corrected chi connectivity index (χ2v) is 9.78. The van der Waals surface area contributed by atoms with Crippen LogP contribution in [0.1, 0.15) is 44.7 Å². The Hall–Kier alpha value is -3.22. The molecule has 3 aliphatic rings. The SMILES string of the molecule is CC(=O)NCC(C)(C)C1Cc2cc(NC(=O)C3(c4ccc5c(c4)OCO5)CC3)ccc2N1. The summed E-state index contributed by atoms with van der Waals surface area (Å²) in [7, 11) is 0. The van der Waals surface area contributed by atoms with Crippen LogP contribution < -0.4 is 25.4 Å². The summed E-state index contributed by atoms with van der Waals surface area (Å²) >= 11 is 0. The summed E-state index contributed by atoms with van der Waals surface area (Å²) in [5, 5.41) is 9.65. The van der Waals surface area contributed by atoms with Crippen molar-refractivity contribution in [3.05, 3.63) is 47.5 Å². The molecule has 1 aliphatic carbocycles. The van der Waals surface area contributed by atoms with E-state index in [4.69, 9.17) is 9.47 Å². The number of amides is 2. The van der Waals surface area contributed by atoms with Gasteiger partial charge in [0.25, 0.3) is 0 Å². The fraction of sp³-hybridized carbons (Fsp3) is 0.440. The van der Waals surface area contributed by atoms with Crippen molar-refractivity contribution in [3.8, 4) is 11.5 Å². The normalized spacial score (nSPS) is 19.7. The van der Waals surface area contributed by atoms with Crippen molar-refractivity contribution in [1.82, 2.24) is 5.32 Å². The fourth-order valence-corrected chi connectivity index (χ4v) is 4.60. The van der Waals surface area contributed by atoms with E-state index in [1.165, 1.54) is 12.5 Å². The zero-order chi connectivity index (χ0) is 22.5. The molecule has 7 nitrogen and oxygen atoms in total. The lowest BCUT2D eigenvalue weighted by atomic mass is 9.82. The smallest absolute Gasteiger partial charge is 0.235 e. The van der Waals surface area contributed by atoms with Gasteiger partial charge in [0.2, 0.25) is 18.6 Å². The number of carbonyl (C=O) groups excluding carboxylic acids is 2. The van der Waals surface area contributed by atoms with Crippen LogP contribution in [0.5, 0.6) is 11.5 Å². The van der Waals surface area contributed by atoms with Crippen molar-refractivity contribution in [2.45, 2.75) is 51.5 Å². The van der Waals surface area contributed by atoms with E-state index in [2.05, 4.69) is 35.9 Å². The number of carbonyl (C=O) groups is 2. The quantitative estimate of drug-likeness (QED) is 0.645. The first-order valence-corrected chi connectivity index (χ1v) is 11.1. The van der Waals surface area contributed by atoms with E-state index in [1.54, 1.807) is 0 Å². The Bertz CT molecular complexity index is 1090. The fourth-order valence-electron chi connectivity index (χ4n) is 4.60. The van der Waals surface area contributed by atoms with Crippen LogP contribution in [0, 0.1) is 5.41 Å². The lowest BCUT2D eigenvalue weighted by molar-refractivity contribution is -0.119. The molecular weight excluding hydrogens is 406 g/mol. The van der Waals surface area contributed by atoms with Gasteiger partial charge in [-0.1, -0.05) is 19.9 Å². The molecule has 0 radical (unpaired) electrons. The zero-order valence-electron chi connectivity index (χ0n) is 18.7. The minimum absolute atomic E-state index is 0.0183. The van der Waals surface area contributed by atoms with Gasteiger partial charge >= 0.3 is 0 Å². The molecule has 2 aromatic rings. The lowest BCUT2D eigenvalue weighted by Crippen LogP contribution is -2.43. The standard InChI is InChI=1S/C25H29N3O4/c1-15(29)26-13-24(2,3)22-11-16-10-18(5-6-19(16)28-22)27-23(30)25(8-9-25)17-4-7-20-21(12-17)32-14-31-20/h4-7,10,12,22,28H,8-9,11,13-14H2,1-3H3,(H,26,29)(H,27,30). The molecule has 1 saturated carbocycles. The van der Waals surface area contributed by atoms with Crippen LogP contribution >= 0.6 is 0 Å². The zero-order valence-corrected chi connectivity index (χ0v) is 18.7. The molecular formula is C25H29N3O4. The Morgan fingerprint density at radius 3 is 2.66 bits per heavy atom. The molecule has 2 aliphatic heterocycles. The van der Waals surface area contributed by atoms with Gasteiger partial charge in [-0.3, -0.25) is 9.59 Å². The average molecular weight is 436 g/mol. The molecule has 1 fully saturated rings. The molecule has 3 N–H and O–H groups in total. The molecule has 0 aromatic heterocycles. The van der Waals surface area contributed by atoms with E-state index >= 15 is 0 Å². The van der Waals surface area contributed by atoms with Crippen LogP contribution in [0.25, 0.3) is 0 Å². The highest BCUT2D eigenvalue weighted by molar-refractivity contribution is 6.01. The number of fused-ring (bicyclic) bond motifs is 2. The Balaban J connectivity index is 1.28. The third-order valence-corrected chi connectivity index (χ3v) is 6.96. The largest absolute Gasteiger partial charge is 0.454 e. The third-order valence-electron chi connectivity index (χ3n) is 6.96. The van der Waals surface area contributed by atoms with Gasteiger partial charge in [-0.15, -0.1) is 0 Å². The number of nitrogens with one attached hydrogen (secondary N) is 3. The second-order valence-electron chi connectivity index (χ2n) is 9.78. The Morgan fingerprint density at radius 2 is 1.91 bits per heavy atom. The van der Waals surface area contributed by atoms with Crippen LogP contribution in [-0.2, 0) is 21.4 Å². The molecule has 2 amide bonds. The lowest BCUT2D eigenvalue weighted by Gasteiger charge is -2.32. The summed E-state index contributed by atoms with van der Waals surface area (Å²) in [4.78, 5) is 24.6. The van der Waals surface area contributed by atoms with Gasteiger partial charge in [-0.2, -0.15) is 0 Å². The summed E-state index contributed by atoms with van der Waals surface area (Å²) in [6.07, 6.45) is 2.49. The molecule has 0 bridgehead atoms. The number of anilines is 2. The molecule has 32 heavy (non-hydrogen) atoms.